The lowest BCUT2D eigenvalue weighted by molar-refractivity contribution is -0.146. The summed E-state index contributed by atoms with van der Waals surface area (Å²) in [5.41, 5.74) is -0.992. The summed E-state index contributed by atoms with van der Waals surface area (Å²) in [6.45, 7) is 3.67. The second-order valence-electron chi connectivity index (χ2n) is 5.00. The molecule has 1 atom stereocenters. The van der Waals surface area contributed by atoms with E-state index in [2.05, 4.69) is 10.3 Å². The van der Waals surface area contributed by atoms with Crippen molar-refractivity contribution in [3.63, 3.8) is 0 Å². The summed E-state index contributed by atoms with van der Waals surface area (Å²) >= 11 is 1.44. The number of rotatable bonds is 2. The van der Waals surface area contributed by atoms with E-state index < -0.39 is 23.4 Å². The van der Waals surface area contributed by atoms with E-state index in [9.17, 15) is 14.4 Å². The van der Waals surface area contributed by atoms with Crippen molar-refractivity contribution in [1.82, 2.24) is 15.2 Å². The van der Waals surface area contributed by atoms with Gasteiger partial charge in [-0.05, 0) is 26.7 Å². The first-order valence-electron chi connectivity index (χ1n) is 6.07. The van der Waals surface area contributed by atoms with E-state index in [4.69, 9.17) is 0 Å². The largest absolute Gasteiger partial charge is 0.331 e. The zero-order valence-electron chi connectivity index (χ0n) is 10.6. The van der Waals surface area contributed by atoms with Crippen LogP contribution in [0.2, 0.25) is 0 Å². The molecule has 1 unspecified atom stereocenters. The molecule has 1 aliphatic heterocycles. The predicted octanol–water partition coefficient (Wildman–Crippen LogP) is 1.37. The molecular formula is C12H13N3O3S. The number of aryl methyl sites for hydroxylation is 1. The normalized spacial score (nSPS) is 22.6. The predicted molar refractivity (Wildman–Crippen MR) is 67.3 cm³/mol. The third-order valence-corrected chi connectivity index (χ3v) is 4.72. The SMILES string of the molecule is Cc1cnc(C(C)N2C(=O)NC(=O)C3(CC3)C2=O)s1. The minimum Gasteiger partial charge on any atom is -0.277 e. The van der Waals surface area contributed by atoms with Crippen molar-refractivity contribution in [3.05, 3.63) is 16.1 Å². The van der Waals surface area contributed by atoms with Crippen LogP contribution in [0.15, 0.2) is 6.20 Å². The highest BCUT2D eigenvalue weighted by atomic mass is 32.1. The number of barbiturate groups is 1. The van der Waals surface area contributed by atoms with Crippen LogP contribution in [0.3, 0.4) is 0 Å². The number of urea groups is 1. The van der Waals surface area contributed by atoms with Crippen molar-refractivity contribution in [3.8, 4) is 0 Å². The first-order valence-corrected chi connectivity index (χ1v) is 6.89. The van der Waals surface area contributed by atoms with E-state index in [1.54, 1.807) is 13.1 Å². The number of aromatic nitrogens is 1. The van der Waals surface area contributed by atoms with Gasteiger partial charge in [0, 0.05) is 11.1 Å². The maximum atomic E-state index is 12.4. The first kappa shape index (κ1) is 12.3. The van der Waals surface area contributed by atoms with Crippen molar-refractivity contribution in [2.75, 3.05) is 0 Å². The topological polar surface area (TPSA) is 79.4 Å². The van der Waals surface area contributed by atoms with Crippen molar-refractivity contribution >= 4 is 29.2 Å². The summed E-state index contributed by atoms with van der Waals surface area (Å²) in [4.78, 5) is 42.3. The molecule has 0 aromatic carbocycles. The molecule has 1 saturated carbocycles. The lowest BCUT2D eigenvalue weighted by atomic mass is 10.0. The number of amides is 4. The monoisotopic (exact) mass is 279 g/mol. The standard InChI is InChI=1S/C12H13N3O3S/c1-6-5-13-8(19-6)7(2)15-10(17)12(3-4-12)9(16)14-11(15)18/h5,7H,3-4H2,1-2H3,(H,14,16,18). The summed E-state index contributed by atoms with van der Waals surface area (Å²) in [6, 6.07) is -1.09. The van der Waals surface area contributed by atoms with Crippen molar-refractivity contribution in [2.45, 2.75) is 32.7 Å². The number of hydrogen-bond acceptors (Lipinski definition) is 5. The van der Waals surface area contributed by atoms with Gasteiger partial charge in [0.15, 0.2) is 0 Å². The van der Waals surface area contributed by atoms with Gasteiger partial charge in [-0.1, -0.05) is 0 Å². The van der Waals surface area contributed by atoms with Gasteiger partial charge >= 0.3 is 6.03 Å². The maximum Gasteiger partial charge on any atom is 0.331 e. The van der Waals surface area contributed by atoms with E-state index in [-0.39, 0.29) is 5.91 Å². The molecule has 2 heterocycles. The molecule has 2 fully saturated rings. The molecule has 100 valence electrons. The van der Waals surface area contributed by atoms with Gasteiger partial charge in [0.25, 0.3) is 0 Å². The van der Waals surface area contributed by atoms with E-state index in [0.717, 1.165) is 9.78 Å². The summed E-state index contributed by atoms with van der Waals surface area (Å²) < 4.78 is 0. The molecule has 1 saturated heterocycles. The molecule has 0 radical (unpaired) electrons. The van der Waals surface area contributed by atoms with Crippen LogP contribution < -0.4 is 5.32 Å². The second-order valence-corrected chi connectivity index (χ2v) is 6.27. The number of hydrogen-bond donors (Lipinski definition) is 1. The molecule has 19 heavy (non-hydrogen) atoms. The Balaban J connectivity index is 1.93. The number of imide groups is 2. The Bertz CT molecular complexity index is 591. The zero-order chi connectivity index (χ0) is 13.8. The van der Waals surface area contributed by atoms with Crippen LogP contribution in [0.5, 0.6) is 0 Å². The molecule has 1 aliphatic carbocycles. The van der Waals surface area contributed by atoms with Gasteiger partial charge in [-0.25, -0.2) is 9.78 Å². The molecule has 7 heteroatoms. The first-order chi connectivity index (χ1) is 8.95. The number of carbonyl (C=O) groups excluding carboxylic acids is 3. The van der Waals surface area contributed by atoms with E-state index >= 15 is 0 Å². The summed E-state index contributed by atoms with van der Waals surface area (Å²) in [5, 5.41) is 2.97. The minimum atomic E-state index is -0.992. The number of thiazole rings is 1. The Morgan fingerprint density at radius 1 is 1.42 bits per heavy atom. The zero-order valence-corrected chi connectivity index (χ0v) is 11.4. The van der Waals surface area contributed by atoms with Gasteiger partial charge in [-0.3, -0.25) is 19.8 Å². The summed E-state index contributed by atoms with van der Waals surface area (Å²) in [6.07, 6.45) is 2.75. The van der Waals surface area contributed by atoms with Crippen molar-refractivity contribution < 1.29 is 14.4 Å². The summed E-state index contributed by atoms with van der Waals surface area (Å²) in [7, 11) is 0. The van der Waals surface area contributed by atoms with Gasteiger partial charge in [-0.2, -0.15) is 0 Å². The van der Waals surface area contributed by atoms with Crippen LogP contribution in [0.4, 0.5) is 4.79 Å². The number of nitrogens with zero attached hydrogens (tertiary/aromatic N) is 2. The summed E-state index contributed by atoms with van der Waals surface area (Å²) in [5.74, 6) is -0.845. The molecular weight excluding hydrogens is 266 g/mol. The smallest absolute Gasteiger partial charge is 0.277 e. The fourth-order valence-electron chi connectivity index (χ4n) is 2.29. The fraction of sp³-hybridized carbons (Fsp3) is 0.500. The van der Waals surface area contributed by atoms with Crippen LogP contribution in [0.1, 0.15) is 35.7 Å². The minimum absolute atomic E-state index is 0.387. The Kier molecular flexibility index (Phi) is 2.50. The highest BCUT2D eigenvalue weighted by molar-refractivity contribution is 7.11. The highest BCUT2D eigenvalue weighted by Crippen LogP contribution is 2.50. The van der Waals surface area contributed by atoms with Gasteiger partial charge in [-0.15, -0.1) is 11.3 Å². The van der Waals surface area contributed by atoms with Crippen LogP contribution in [-0.4, -0.2) is 27.7 Å². The molecule has 1 aromatic heterocycles. The molecule has 4 amide bonds. The lowest BCUT2D eigenvalue weighted by Crippen LogP contribution is -2.59. The average molecular weight is 279 g/mol. The third kappa shape index (κ3) is 1.68. The van der Waals surface area contributed by atoms with Gasteiger partial charge in [0.1, 0.15) is 10.4 Å². The molecule has 6 nitrogen and oxygen atoms in total. The van der Waals surface area contributed by atoms with E-state index in [0.29, 0.717) is 17.8 Å². The molecule has 1 spiro atoms. The number of nitrogens with one attached hydrogen (secondary N) is 1. The van der Waals surface area contributed by atoms with Crippen molar-refractivity contribution in [2.24, 2.45) is 5.41 Å². The van der Waals surface area contributed by atoms with Crippen LogP contribution in [0, 0.1) is 12.3 Å². The fourth-order valence-corrected chi connectivity index (χ4v) is 3.11. The van der Waals surface area contributed by atoms with Crippen LogP contribution >= 0.6 is 11.3 Å². The lowest BCUT2D eigenvalue weighted by Gasteiger charge is -2.33. The van der Waals surface area contributed by atoms with Crippen LogP contribution in [-0.2, 0) is 9.59 Å². The van der Waals surface area contributed by atoms with Crippen molar-refractivity contribution in [1.29, 1.82) is 0 Å². The van der Waals surface area contributed by atoms with E-state index in [1.165, 1.54) is 11.3 Å². The molecule has 2 aliphatic rings. The van der Waals surface area contributed by atoms with E-state index in [1.807, 2.05) is 6.92 Å². The Morgan fingerprint density at radius 2 is 2.11 bits per heavy atom. The quantitative estimate of drug-likeness (QED) is 0.829. The highest BCUT2D eigenvalue weighted by Gasteiger charge is 2.63. The van der Waals surface area contributed by atoms with Gasteiger partial charge in [0.2, 0.25) is 11.8 Å². The Labute approximate surface area is 113 Å². The van der Waals surface area contributed by atoms with Gasteiger partial charge < -0.3 is 0 Å². The average Bonchev–Trinajstić information content (AvgIpc) is 3.04. The Hall–Kier alpha value is -1.76. The molecule has 3 rings (SSSR count). The molecule has 0 bridgehead atoms. The molecule has 1 aromatic rings. The second kappa shape index (κ2) is 3.86. The number of carbonyl (C=O) groups is 3. The maximum absolute atomic E-state index is 12.4. The Morgan fingerprint density at radius 3 is 2.63 bits per heavy atom. The molecule has 1 N–H and O–H groups in total. The van der Waals surface area contributed by atoms with Gasteiger partial charge in [0.05, 0.1) is 6.04 Å². The third-order valence-electron chi connectivity index (χ3n) is 3.64. The van der Waals surface area contributed by atoms with Crippen LogP contribution in [0.25, 0.3) is 0 Å².